The minimum Gasteiger partial charge on any atom is -0.466 e. The topological polar surface area (TPSA) is 129 Å². The van der Waals surface area contributed by atoms with E-state index in [1.165, 1.54) is 0 Å². The number of nitrogens with one attached hydrogen (secondary N) is 2. The first kappa shape index (κ1) is 30.0. The Bertz CT molecular complexity index is 743. The van der Waals surface area contributed by atoms with Gasteiger partial charge in [0, 0.05) is 0 Å². The Morgan fingerprint density at radius 3 is 1.64 bits per heavy atom. The monoisotopic (exact) mass is 512 g/mol. The smallest absolute Gasteiger partial charge is 0.323 e. The predicted molar refractivity (Wildman–Crippen MR) is 132 cm³/mol. The molecule has 0 aromatic heterocycles. The van der Waals surface area contributed by atoms with Crippen LogP contribution in [-0.4, -0.2) is 75.5 Å². The van der Waals surface area contributed by atoms with Crippen LogP contribution in [0.1, 0.15) is 60.3 Å². The number of rotatable bonds is 16. The highest BCUT2D eigenvalue weighted by Crippen LogP contribution is 2.54. The molecule has 7 unspecified atom stereocenters. The normalized spacial score (nSPS) is 26.2. The van der Waals surface area contributed by atoms with Crippen molar-refractivity contribution in [3.63, 3.8) is 0 Å². The molecule has 7 atom stereocenters. The fourth-order valence-corrected chi connectivity index (χ4v) is 5.84. The van der Waals surface area contributed by atoms with Gasteiger partial charge in [0.2, 0.25) is 0 Å². The fraction of sp³-hybridized carbons (Fsp3) is 0.846. The van der Waals surface area contributed by atoms with E-state index in [4.69, 9.17) is 18.9 Å². The number of esters is 4. The molecule has 2 bridgehead atoms. The van der Waals surface area contributed by atoms with Crippen molar-refractivity contribution in [1.82, 2.24) is 10.6 Å². The average Bonchev–Trinajstić information content (AvgIpc) is 3.38. The maximum Gasteiger partial charge on any atom is 0.323 e. The number of fused-ring (bicyclic) bond motifs is 2. The minimum absolute atomic E-state index is 0.0503. The lowest BCUT2D eigenvalue weighted by molar-refractivity contribution is -0.152. The molecule has 2 fully saturated rings. The Hall–Kier alpha value is -2.20. The summed E-state index contributed by atoms with van der Waals surface area (Å²) in [5, 5.41) is 6.54. The van der Waals surface area contributed by atoms with E-state index in [1.54, 1.807) is 27.7 Å². The van der Waals surface area contributed by atoms with E-state index in [1.807, 2.05) is 0 Å². The van der Waals surface area contributed by atoms with Crippen LogP contribution in [0.25, 0.3) is 0 Å². The Balaban J connectivity index is 1.91. The maximum absolute atomic E-state index is 12.4. The van der Waals surface area contributed by atoms with Crippen LogP contribution in [0.4, 0.5) is 0 Å². The molecule has 2 aliphatic carbocycles. The van der Waals surface area contributed by atoms with Crippen molar-refractivity contribution in [3.8, 4) is 0 Å². The lowest BCUT2D eigenvalue weighted by Crippen LogP contribution is -2.46. The van der Waals surface area contributed by atoms with Gasteiger partial charge in [0.25, 0.3) is 0 Å². The Morgan fingerprint density at radius 2 is 1.19 bits per heavy atom. The summed E-state index contributed by atoms with van der Waals surface area (Å²) >= 11 is 0. The van der Waals surface area contributed by atoms with Gasteiger partial charge in [0.15, 0.2) is 0 Å². The third kappa shape index (κ3) is 8.44. The highest BCUT2D eigenvalue weighted by atomic mass is 16.5. The summed E-state index contributed by atoms with van der Waals surface area (Å²) in [6.45, 7) is 11.5. The summed E-state index contributed by atoms with van der Waals surface area (Å²) in [6.07, 6.45) is 1.99. The van der Waals surface area contributed by atoms with Gasteiger partial charge in [-0.1, -0.05) is 6.92 Å². The zero-order chi connectivity index (χ0) is 26.7. The van der Waals surface area contributed by atoms with E-state index in [-0.39, 0.29) is 39.3 Å². The molecule has 10 heteroatoms. The zero-order valence-corrected chi connectivity index (χ0v) is 22.4. The molecule has 10 nitrogen and oxygen atoms in total. The van der Waals surface area contributed by atoms with Gasteiger partial charge in [0.1, 0.15) is 12.1 Å². The van der Waals surface area contributed by atoms with Crippen LogP contribution in [0.15, 0.2) is 0 Å². The van der Waals surface area contributed by atoms with Crippen molar-refractivity contribution in [1.29, 1.82) is 0 Å². The molecule has 0 aromatic rings. The highest BCUT2D eigenvalue weighted by Gasteiger charge is 2.50. The van der Waals surface area contributed by atoms with Gasteiger partial charge in [-0.25, -0.2) is 0 Å². The second-order valence-corrected chi connectivity index (χ2v) is 9.62. The van der Waals surface area contributed by atoms with Crippen molar-refractivity contribution >= 4 is 23.9 Å². The van der Waals surface area contributed by atoms with Crippen LogP contribution < -0.4 is 10.6 Å². The van der Waals surface area contributed by atoms with Crippen molar-refractivity contribution in [2.24, 2.45) is 29.6 Å². The molecule has 0 amide bonds. The molecule has 0 aliphatic heterocycles. The standard InChI is InChI=1S/C26H44N2O8/c1-6-33-23(29)12-21(25(31)35-8-3)27-14-18-10-17-11-19(18)16(5)20(17)15-28-22(26(32)36-9-4)13-24(30)34-7-2/h16-22,27-28H,6-15H2,1-5H3. The van der Waals surface area contributed by atoms with Gasteiger partial charge in [0.05, 0.1) is 39.3 Å². The van der Waals surface area contributed by atoms with Crippen LogP contribution in [0, 0.1) is 29.6 Å². The first-order valence-corrected chi connectivity index (χ1v) is 13.4. The highest BCUT2D eigenvalue weighted by molar-refractivity contribution is 5.83. The third-order valence-electron chi connectivity index (χ3n) is 7.46. The summed E-state index contributed by atoms with van der Waals surface area (Å²) in [6, 6.07) is -1.44. The SMILES string of the molecule is CCOC(=O)CC(NCC1CC2CC1C(C)C2CNC(CC(=O)OCC)C(=O)OCC)C(=O)OCC. The van der Waals surface area contributed by atoms with E-state index >= 15 is 0 Å². The molecule has 2 rings (SSSR count). The molecule has 0 aromatic carbocycles. The summed E-state index contributed by atoms with van der Waals surface area (Å²) in [5.41, 5.74) is 0. The van der Waals surface area contributed by atoms with Crippen LogP contribution in [-0.2, 0) is 38.1 Å². The maximum atomic E-state index is 12.4. The third-order valence-corrected chi connectivity index (χ3v) is 7.46. The Labute approximate surface area is 214 Å². The second kappa shape index (κ2) is 15.1. The number of ether oxygens (including phenoxy) is 4. The summed E-state index contributed by atoms with van der Waals surface area (Å²) in [7, 11) is 0. The van der Waals surface area contributed by atoms with E-state index in [0.717, 1.165) is 12.8 Å². The Morgan fingerprint density at radius 1 is 0.722 bits per heavy atom. The van der Waals surface area contributed by atoms with Gasteiger partial charge >= 0.3 is 23.9 Å². The molecule has 0 spiro atoms. The molecule has 2 aliphatic rings. The number of carbonyl (C=O) groups is 4. The quantitative estimate of drug-likeness (QED) is 0.233. The fourth-order valence-electron chi connectivity index (χ4n) is 5.84. The van der Waals surface area contributed by atoms with Crippen LogP contribution in [0.2, 0.25) is 0 Å². The first-order valence-electron chi connectivity index (χ1n) is 13.4. The van der Waals surface area contributed by atoms with E-state index in [9.17, 15) is 19.2 Å². The van der Waals surface area contributed by atoms with Crippen LogP contribution in [0.3, 0.4) is 0 Å². The molecule has 0 saturated heterocycles. The van der Waals surface area contributed by atoms with Crippen molar-refractivity contribution in [3.05, 3.63) is 0 Å². The van der Waals surface area contributed by atoms with Crippen molar-refractivity contribution in [2.45, 2.75) is 72.4 Å². The van der Waals surface area contributed by atoms with E-state index < -0.39 is 36.0 Å². The largest absolute Gasteiger partial charge is 0.466 e. The van der Waals surface area contributed by atoms with E-state index in [2.05, 4.69) is 17.6 Å². The number of hydrogen-bond donors (Lipinski definition) is 2. The predicted octanol–water partition coefficient (Wildman–Crippen LogP) is 1.84. The molecular weight excluding hydrogens is 468 g/mol. The van der Waals surface area contributed by atoms with Crippen LogP contribution >= 0.6 is 0 Å². The average molecular weight is 513 g/mol. The molecule has 2 N–H and O–H groups in total. The minimum atomic E-state index is -0.721. The molecule has 2 saturated carbocycles. The van der Waals surface area contributed by atoms with Gasteiger partial charge in [-0.05, 0) is 83.2 Å². The van der Waals surface area contributed by atoms with Crippen LogP contribution in [0.5, 0.6) is 0 Å². The lowest BCUT2D eigenvalue weighted by atomic mass is 9.74. The van der Waals surface area contributed by atoms with Crippen molar-refractivity contribution in [2.75, 3.05) is 39.5 Å². The molecular formula is C26H44N2O8. The Kier molecular flexibility index (Phi) is 12.6. The molecule has 206 valence electrons. The van der Waals surface area contributed by atoms with Gasteiger partial charge in [-0.15, -0.1) is 0 Å². The summed E-state index contributed by atoms with van der Waals surface area (Å²) in [5.74, 6) is 0.437. The lowest BCUT2D eigenvalue weighted by Gasteiger charge is -2.35. The van der Waals surface area contributed by atoms with Crippen molar-refractivity contribution < 1.29 is 38.1 Å². The number of hydrogen-bond acceptors (Lipinski definition) is 10. The molecule has 0 heterocycles. The van der Waals surface area contributed by atoms with Gasteiger partial charge < -0.3 is 29.6 Å². The summed E-state index contributed by atoms with van der Waals surface area (Å²) < 4.78 is 20.3. The van der Waals surface area contributed by atoms with Gasteiger partial charge in [-0.3, -0.25) is 19.2 Å². The summed E-state index contributed by atoms with van der Waals surface area (Å²) in [4.78, 5) is 48.7. The zero-order valence-electron chi connectivity index (χ0n) is 22.4. The second-order valence-electron chi connectivity index (χ2n) is 9.62. The number of carbonyl (C=O) groups excluding carboxylic acids is 4. The first-order chi connectivity index (χ1) is 17.2. The molecule has 0 radical (unpaired) electrons. The van der Waals surface area contributed by atoms with E-state index in [0.29, 0.717) is 42.7 Å². The molecule has 36 heavy (non-hydrogen) atoms. The van der Waals surface area contributed by atoms with Gasteiger partial charge in [-0.2, -0.15) is 0 Å².